The van der Waals surface area contributed by atoms with Gasteiger partial charge in [-0.1, -0.05) is 6.07 Å². The molecule has 0 amide bonds. The van der Waals surface area contributed by atoms with E-state index in [0.717, 1.165) is 11.3 Å². The van der Waals surface area contributed by atoms with Crippen molar-refractivity contribution < 1.29 is 14.6 Å². The van der Waals surface area contributed by atoms with Crippen molar-refractivity contribution in [1.82, 2.24) is 4.98 Å². The highest BCUT2D eigenvalue weighted by Gasteiger charge is 2.12. The molecular weight excluding hydrogens is 196 g/mol. The van der Waals surface area contributed by atoms with Gasteiger partial charge in [-0.15, -0.1) is 0 Å². The van der Waals surface area contributed by atoms with E-state index in [4.69, 9.17) is 9.84 Å². The minimum Gasteiger partial charge on any atom is -0.481 e. The molecule has 0 unspecified atom stereocenters. The molecule has 0 aromatic carbocycles. The smallest absolute Gasteiger partial charge is 0.305 e. The molecule has 0 radical (unpaired) electrons. The van der Waals surface area contributed by atoms with Crippen molar-refractivity contribution in [2.45, 2.75) is 19.6 Å². The molecule has 0 atom stereocenters. The van der Waals surface area contributed by atoms with Gasteiger partial charge in [-0.05, 0) is 6.07 Å². The Morgan fingerprint density at radius 1 is 1.53 bits per heavy atom. The first-order valence-corrected chi connectivity index (χ1v) is 4.78. The molecule has 1 aliphatic heterocycles. The van der Waals surface area contributed by atoms with Gasteiger partial charge >= 0.3 is 5.97 Å². The summed E-state index contributed by atoms with van der Waals surface area (Å²) in [5, 5.41) is 11.4. The molecule has 1 aromatic rings. The number of nitrogens with one attached hydrogen (secondary N) is 1. The Morgan fingerprint density at radius 3 is 3.20 bits per heavy atom. The molecule has 1 aromatic heterocycles. The number of aliphatic carboxylic acids is 1. The van der Waals surface area contributed by atoms with Crippen LogP contribution in [0.1, 0.15) is 17.7 Å². The van der Waals surface area contributed by atoms with Crippen molar-refractivity contribution in [3.8, 4) is 0 Å². The number of carboxylic acid groups (broad SMARTS) is 1. The zero-order valence-electron chi connectivity index (χ0n) is 8.19. The summed E-state index contributed by atoms with van der Waals surface area (Å²) in [7, 11) is 0. The number of carboxylic acids is 1. The lowest BCUT2D eigenvalue weighted by molar-refractivity contribution is -0.136. The molecule has 0 saturated carbocycles. The van der Waals surface area contributed by atoms with Crippen molar-refractivity contribution in [3.05, 3.63) is 23.4 Å². The normalized spacial score (nSPS) is 13.6. The van der Waals surface area contributed by atoms with Crippen LogP contribution in [0.25, 0.3) is 0 Å². The largest absolute Gasteiger partial charge is 0.481 e. The van der Waals surface area contributed by atoms with Crippen LogP contribution in [0.4, 0.5) is 5.82 Å². The summed E-state index contributed by atoms with van der Waals surface area (Å²) in [6.07, 6.45) is 0.0925. The van der Waals surface area contributed by atoms with Crippen molar-refractivity contribution in [1.29, 1.82) is 0 Å². The Hall–Kier alpha value is -1.62. The van der Waals surface area contributed by atoms with Crippen LogP contribution in [-0.4, -0.2) is 22.6 Å². The number of nitrogens with zero attached hydrogens (tertiary/aromatic N) is 1. The quantitative estimate of drug-likeness (QED) is 0.772. The number of aromatic nitrogens is 1. The van der Waals surface area contributed by atoms with E-state index in [0.29, 0.717) is 25.6 Å². The number of hydrogen-bond donors (Lipinski definition) is 2. The average Bonchev–Trinajstić information content (AvgIpc) is 2.64. The third-order valence-corrected chi connectivity index (χ3v) is 2.21. The SMILES string of the molecule is O=C(O)CCNc1ccc2c(n1)COC2. The minimum atomic E-state index is -0.813. The van der Waals surface area contributed by atoms with Crippen molar-refractivity contribution in [2.24, 2.45) is 0 Å². The van der Waals surface area contributed by atoms with Crippen LogP contribution in [0.15, 0.2) is 12.1 Å². The first-order chi connectivity index (χ1) is 7.25. The van der Waals surface area contributed by atoms with Gasteiger partial charge in [0.05, 0.1) is 25.3 Å². The molecule has 80 valence electrons. The fourth-order valence-corrected chi connectivity index (χ4v) is 1.44. The Morgan fingerprint density at radius 2 is 2.40 bits per heavy atom. The lowest BCUT2D eigenvalue weighted by Crippen LogP contribution is -2.09. The Balaban J connectivity index is 1.95. The zero-order chi connectivity index (χ0) is 10.7. The highest BCUT2D eigenvalue weighted by Crippen LogP contribution is 2.19. The van der Waals surface area contributed by atoms with Crippen LogP contribution in [0, 0.1) is 0 Å². The number of carbonyl (C=O) groups is 1. The second-order valence-corrected chi connectivity index (χ2v) is 3.37. The monoisotopic (exact) mass is 208 g/mol. The minimum absolute atomic E-state index is 0.0925. The van der Waals surface area contributed by atoms with Crippen LogP contribution in [0.5, 0.6) is 0 Å². The molecule has 5 nitrogen and oxygen atoms in total. The second-order valence-electron chi connectivity index (χ2n) is 3.37. The summed E-state index contributed by atoms with van der Waals surface area (Å²) < 4.78 is 5.23. The fourth-order valence-electron chi connectivity index (χ4n) is 1.44. The van der Waals surface area contributed by atoms with E-state index in [2.05, 4.69) is 10.3 Å². The van der Waals surface area contributed by atoms with Crippen LogP contribution in [-0.2, 0) is 22.7 Å². The maximum absolute atomic E-state index is 10.3. The molecule has 1 aliphatic rings. The van der Waals surface area contributed by atoms with E-state index >= 15 is 0 Å². The molecule has 0 spiro atoms. The molecule has 0 saturated heterocycles. The topological polar surface area (TPSA) is 71.5 Å². The molecule has 15 heavy (non-hydrogen) atoms. The first kappa shape index (κ1) is 9.92. The molecular formula is C10H12N2O3. The van der Waals surface area contributed by atoms with E-state index in [-0.39, 0.29) is 6.42 Å². The molecule has 2 heterocycles. The number of fused-ring (bicyclic) bond motifs is 1. The summed E-state index contributed by atoms with van der Waals surface area (Å²) in [5.74, 6) is -0.104. The Bertz CT molecular complexity index is 379. The fraction of sp³-hybridized carbons (Fsp3) is 0.400. The van der Waals surface area contributed by atoms with E-state index in [1.807, 2.05) is 12.1 Å². The maximum atomic E-state index is 10.3. The summed E-state index contributed by atoms with van der Waals surface area (Å²) in [5.41, 5.74) is 2.05. The summed E-state index contributed by atoms with van der Waals surface area (Å²) in [6, 6.07) is 3.80. The van der Waals surface area contributed by atoms with Crippen LogP contribution >= 0.6 is 0 Å². The van der Waals surface area contributed by atoms with Gasteiger partial charge in [0.15, 0.2) is 0 Å². The van der Waals surface area contributed by atoms with E-state index < -0.39 is 5.97 Å². The van der Waals surface area contributed by atoms with Gasteiger partial charge in [0.25, 0.3) is 0 Å². The standard InChI is InChI=1S/C10H12N2O3/c13-10(14)3-4-11-9-2-1-7-5-15-6-8(7)12-9/h1-2H,3-6H2,(H,11,12)(H,13,14). The van der Waals surface area contributed by atoms with E-state index in [1.165, 1.54) is 0 Å². The van der Waals surface area contributed by atoms with Gasteiger partial charge in [0, 0.05) is 12.1 Å². The molecule has 0 bridgehead atoms. The predicted octanol–water partition coefficient (Wildman–Crippen LogP) is 0.998. The molecule has 2 rings (SSSR count). The lowest BCUT2D eigenvalue weighted by atomic mass is 10.2. The van der Waals surface area contributed by atoms with Crippen molar-refractivity contribution in [2.75, 3.05) is 11.9 Å². The highest BCUT2D eigenvalue weighted by molar-refractivity contribution is 5.67. The summed E-state index contributed by atoms with van der Waals surface area (Å²) >= 11 is 0. The third kappa shape index (κ3) is 2.44. The number of pyridine rings is 1. The van der Waals surface area contributed by atoms with Crippen LogP contribution in [0.2, 0.25) is 0 Å². The van der Waals surface area contributed by atoms with E-state index in [1.54, 1.807) is 0 Å². The number of anilines is 1. The molecule has 5 heteroatoms. The van der Waals surface area contributed by atoms with Gasteiger partial charge in [-0.2, -0.15) is 0 Å². The highest BCUT2D eigenvalue weighted by atomic mass is 16.5. The Kier molecular flexibility index (Phi) is 2.82. The Labute approximate surface area is 87.1 Å². The lowest BCUT2D eigenvalue weighted by Gasteiger charge is -2.04. The number of ether oxygens (including phenoxy) is 1. The van der Waals surface area contributed by atoms with Gasteiger partial charge < -0.3 is 15.2 Å². The van der Waals surface area contributed by atoms with E-state index in [9.17, 15) is 4.79 Å². The van der Waals surface area contributed by atoms with Crippen LogP contribution < -0.4 is 5.32 Å². The maximum Gasteiger partial charge on any atom is 0.305 e. The van der Waals surface area contributed by atoms with Gasteiger partial charge in [-0.25, -0.2) is 4.98 Å². The van der Waals surface area contributed by atoms with Crippen molar-refractivity contribution in [3.63, 3.8) is 0 Å². The summed E-state index contributed by atoms with van der Waals surface area (Å²) in [6.45, 7) is 1.56. The predicted molar refractivity (Wildman–Crippen MR) is 53.5 cm³/mol. The van der Waals surface area contributed by atoms with Gasteiger partial charge in [0.1, 0.15) is 5.82 Å². The molecule has 2 N–H and O–H groups in total. The zero-order valence-corrected chi connectivity index (χ0v) is 8.19. The average molecular weight is 208 g/mol. The first-order valence-electron chi connectivity index (χ1n) is 4.78. The molecule has 0 fully saturated rings. The number of rotatable bonds is 4. The molecule has 0 aliphatic carbocycles. The van der Waals surface area contributed by atoms with Gasteiger partial charge in [0.2, 0.25) is 0 Å². The third-order valence-electron chi connectivity index (χ3n) is 2.21. The van der Waals surface area contributed by atoms with Gasteiger partial charge in [-0.3, -0.25) is 4.79 Å². The van der Waals surface area contributed by atoms with Crippen LogP contribution in [0.3, 0.4) is 0 Å². The number of hydrogen-bond acceptors (Lipinski definition) is 4. The van der Waals surface area contributed by atoms with Crippen molar-refractivity contribution >= 4 is 11.8 Å². The second kappa shape index (κ2) is 4.27. The summed E-state index contributed by atoms with van der Waals surface area (Å²) in [4.78, 5) is 14.6.